The van der Waals surface area contributed by atoms with E-state index < -0.39 is 8.07 Å². The van der Waals surface area contributed by atoms with Crippen molar-refractivity contribution in [3.63, 3.8) is 0 Å². The molecule has 4 nitrogen and oxygen atoms in total. The molecular formula is C17H30N4Si. The Labute approximate surface area is 135 Å². The summed E-state index contributed by atoms with van der Waals surface area (Å²) in [6.07, 6.45) is 6.03. The minimum absolute atomic E-state index is 0.323. The Kier molecular flexibility index (Phi) is 3.62. The SMILES string of the molecule is CC1(C)[C@@H]2CC[C@@]1(C)C(=NCCn1cc([Si](C)(C)C)nn1)C2. The van der Waals surface area contributed by atoms with Crippen LogP contribution in [0.1, 0.15) is 40.0 Å². The second-order valence-corrected chi connectivity index (χ2v) is 14.0. The van der Waals surface area contributed by atoms with E-state index in [1.54, 1.807) is 0 Å². The molecule has 0 radical (unpaired) electrons. The van der Waals surface area contributed by atoms with Gasteiger partial charge in [-0.25, -0.2) is 0 Å². The first kappa shape index (κ1) is 15.9. The van der Waals surface area contributed by atoms with Crippen molar-refractivity contribution in [1.82, 2.24) is 15.0 Å². The van der Waals surface area contributed by atoms with Gasteiger partial charge in [-0.05, 0) is 30.6 Å². The van der Waals surface area contributed by atoms with Gasteiger partial charge in [0.25, 0.3) is 0 Å². The summed E-state index contributed by atoms with van der Waals surface area (Å²) in [7, 11) is -1.35. The average Bonchev–Trinajstić information content (AvgIpc) is 3.01. The fourth-order valence-electron chi connectivity index (χ4n) is 4.21. The Balaban J connectivity index is 1.65. The highest BCUT2D eigenvalue weighted by atomic mass is 28.3. The third kappa shape index (κ3) is 2.37. The topological polar surface area (TPSA) is 43.1 Å². The number of nitrogens with zero attached hydrogens (tertiary/aromatic N) is 4. The molecule has 0 aliphatic heterocycles. The first-order chi connectivity index (χ1) is 10.1. The van der Waals surface area contributed by atoms with Crippen LogP contribution in [-0.2, 0) is 6.54 Å². The van der Waals surface area contributed by atoms with Crippen LogP contribution in [0.25, 0.3) is 0 Å². The molecule has 2 atom stereocenters. The Hall–Kier alpha value is -0.973. The summed E-state index contributed by atoms with van der Waals surface area (Å²) in [6.45, 7) is 15.9. The van der Waals surface area contributed by atoms with E-state index in [9.17, 15) is 0 Å². The molecule has 3 rings (SSSR count). The summed E-state index contributed by atoms with van der Waals surface area (Å²) in [4.78, 5) is 4.98. The van der Waals surface area contributed by atoms with Crippen molar-refractivity contribution in [2.75, 3.05) is 6.54 Å². The van der Waals surface area contributed by atoms with E-state index in [-0.39, 0.29) is 0 Å². The number of rotatable bonds is 4. The molecule has 1 heterocycles. The highest BCUT2D eigenvalue weighted by molar-refractivity contribution is 6.88. The van der Waals surface area contributed by atoms with Gasteiger partial charge in [0.1, 0.15) is 8.07 Å². The fraction of sp³-hybridized carbons (Fsp3) is 0.824. The first-order valence-corrected chi connectivity index (χ1v) is 12.1. The van der Waals surface area contributed by atoms with Gasteiger partial charge in [-0.2, -0.15) is 0 Å². The van der Waals surface area contributed by atoms with Crippen molar-refractivity contribution >= 4 is 19.1 Å². The van der Waals surface area contributed by atoms with Crippen LogP contribution < -0.4 is 5.32 Å². The van der Waals surface area contributed by atoms with E-state index in [1.165, 1.54) is 30.3 Å². The largest absolute Gasteiger partial charge is 0.292 e. The summed E-state index contributed by atoms with van der Waals surface area (Å²) in [5.74, 6) is 0.834. The van der Waals surface area contributed by atoms with E-state index in [0.29, 0.717) is 10.8 Å². The van der Waals surface area contributed by atoms with Crippen molar-refractivity contribution < 1.29 is 0 Å². The Morgan fingerprint density at radius 3 is 2.55 bits per heavy atom. The first-order valence-electron chi connectivity index (χ1n) is 8.59. The molecule has 2 saturated carbocycles. The quantitative estimate of drug-likeness (QED) is 0.801. The summed E-state index contributed by atoms with van der Waals surface area (Å²) in [5.41, 5.74) is 2.20. The smallest absolute Gasteiger partial charge is 0.106 e. The third-order valence-corrected chi connectivity index (χ3v) is 8.22. The normalized spacial score (nSPS) is 32.1. The second-order valence-electron chi connectivity index (χ2n) is 8.94. The summed E-state index contributed by atoms with van der Waals surface area (Å²) in [6, 6.07) is 0. The lowest BCUT2D eigenvalue weighted by Gasteiger charge is -2.34. The Morgan fingerprint density at radius 1 is 1.32 bits per heavy atom. The van der Waals surface area contributed by atoms with Crippen LogP contribution in [0.5, 0.6) is 0 Å². The second kappa shape index (κ2) is 5.01. The lowest BCUT2D eigenvalue weighted by Crippen LogP contribution is -2.38. The van der Waals surface area contributed by atoms with E-state index in [0.717, 1.165) is 19.0 Å². The molecule has 2 bridgehead atoms. The predicted octanol–water partition coefficient (Wildman–Crippen LogP) is 3.11. The van der Waals surface area contributed by atoms with Gasteiger partial charge in [0.2, 0.25) is 0 Å². The predicted molar refractivity (Wildman–Crippen MR) is 94.5 cm³/mol. The van der Waals surface area contributed by atoms with Gasteiger partial charge in [-0.3, -0.25) is 9.67 Å². The van der Waals surface area contributed by atoms with E-state index >= 15 is 0 Å². The molecule has 0 unspecified atom stereocenters. The van der Waals surface area contributed by atoms with Crippen molar-refractivity contribution in [1.29, 1.82) is 0 Å². The Morgan fingerprint density at radius 2 is 2.05 bits per heavy atom. The van der Waals surface area contributed by atoms with Crippen molar-refractivity contribution in [2.24, 2.45) is 21.7 Å². The van der Waals surface area contributed by atoms with Crippen molar-refractivity contribution in [2.45, 2.75) is 66.2 Å². The molecule has 2 fully saturated rings. The molecular weight excluding hydrogens is 288 g/mol. The maximum Gasteiger partial charge on any atom is 0.106 e. The van der Waals surface area contributed by atoms with Crippen LogP contribution in [-0.4, -0.2) is 35.3 Å². The molecule has 2 aliphatic carbocycles. The fourth-order valence-corrected chi connectivity index (χ4v) is 5.09. The van der Waals surface area contributed by atoms with Gasteiger partial charge >= 0.3 is 0 Å². The van der Waals surface area contributed by atoms with Crippen LogP contribution in [0.2, 0.25) is 19.6 Å². The minimum Gasteiger partial charge on any atom is -0.292 e. The zero-order chi connectivity index (χ0) is 16.2. The monoisotopic (exact) mass is 318 g/mol. The molecule has 22 heavy (non-hydrogen) atoms. The molecule has 0 N–H and O–H groups in total. The lowest BCUT2D eigenvalue weighted by molar-refractivity contribution is 0.193. The molecule has 0 aromatic carbocycles. The molecule has 0 amide bonds. The van der Waals surface area contributed by atoms with Crippen LogP contribution in [0.4, 0.5) is 0 Å². The van der Waals surface area contributed by atoms with Gasteiger partial charge < -0.3 is 0 Å². The van der Waals surface area contributed by atoms with E-state index in [4.69, 9.17) is 4.99 Å². The third-order valence-electron chi connectivity index (χ3n) is 6.45. The number of hydrogen-bond donors (Lipinski definition) is 0. The van der Waals surface area contributed by atoms with Crippen LogP contribution in [0.3, 0.4) is 0 Å². The van der Waals surface area contributed by atoms with Crippen LogP contribution in [0, 0.1) is 16.7 Å². The number of aliphatic imine (C=N–C) groups is 1. The van der Waals surface area contributed by atoms with Crippen LogP contribution >= 0.6 is 0 Å². The summed E-state index contributed by atoms with van der Waals surface area (Å²) < 4.78 is 1.97. The maximum absolute atomic E-state index is 4.98. The Bertz CT molecular complexity index is 596. The molecule has 1 aromatic rings. The molecule has 0 spiro atoms. The minimum atomic E-state index is -1.35. The maximum atomic E-state index is 4.98. The summed E-state index contributed by atoms with van der Waals surface area (Å²) in [5, 5.41) is 9.80. The lowest BCUT2D eigenvalue weighted by atomic mass is 9.70. The van der Waals surface area contributed by atoms with Gasteiger partial charge in [0, 0.05) is 17.3 Å². The average molecular weight is 319 g/mol. The highest BCUT2D eigenvalue weighted by Crippen LogP contribution is 2.63. The highest BCUT2D eigenvalue weighted by Gasteiger charge is 2.59. The van der Waals surface area contributed by atoms with Gasteiger partial charge in [-0.1, -0.05) is 45.6 Å². The van der Waals surface area contributed by atoms with Crippen molar-refractivity contribution in [3.8, 4) is 0 Å². The molecule has 2 aliphatic rings. The van der Waals surface area contributed by atoms with Crippen molar-refractivity contribution in [3.05, 3.63) is 6.20 Å². The standard InChI is InChI=1S/C17H30N4Si/c1-16(2)13-7-8-17(16,3)14(11-13)18-9-10-21-12-15(19-20-21)22(4,5)6/h12-13H,7-11H2,1-6H3/t13-,17+/m1/s1. The number of fused-ring (bicyclic) bond motifs is 2. The van der Waals surface area contributed by atoms with Crippen LogP contribution in [0.15, 0.2) is 11.2 Å². The van der Waals surface area contributed by atoms with Gasteiger partial charge in [-0.15, -0.1) is 5.10 Å². The molecule has 122 valence electrons. The molecule has 1 aromatic heterocycles. The zero-order valence-corrected chi connectivity index (χ0v) is 16.0. The van der Waals surface area contributed by atoms with E-state index in [2.05, 4.69) is 56.9 Å². The molecule has 5 heteroatoms. The van der Waals surface area contributed by atoms with Gasteiger partial charge in [0.05, 0.1) is 18.4 Å². The zero-order valence-electron chi connectivity index (χ0n) is 15.0. The number of hydrogen-bond acceptors (Lipinski definition) is 3. The molecule has 0 saturated heterocycles. The number of aromatic nitrogens is 3. The summed E-state index contributed by atoms with van der Waals surface area (Å²) >= 11 is 0. The van der Waals surface area contributed by atoms with Gasteiger partial charge in [0.15, 0.2) is 0 Å². The van der Waals surface area contributed by atoms with E-state index in [1.807, 2.05) is 4.68 Å².